The van der Waals surface area contributed by atoms with Crippen molar-refractivity contribution in [3.63, 3.8) is 0 Å². The number of benzene rings is 1. The van der Waals surface area contributed by atoms with Crippen LogP contribution in [0.5, 0.6) is 0 Å². The number of carbonyl (C=O) groups is 1. The Morgan fingerprint density at radius 2 is 1.79 bits per heavy atom. The zero-order chi connectivity index (χ0) is 14.8. The quantitative estimate of drug-likeness (QED) is 0.681. The van der Waals surface area contributed by atoms with Gasteiger partial charge in [0.2, 0.25) is 0 Å². The van der Waals surface area contributed by atoms with Crippen molar-refractivity contribution < 1.29 is 18.8 Å². The fourth-order valence-corrected chi connectivity index (χ4v) is 3.10. The van der Waals surface area contributed by atoms with Crippen LogP contribution in [0.1, 0.15) is 45.0 Å². The van der Waals surface area contributed by atoms with Crippen molar-refractivity contribution in [1.82, 2.24) is 0 Å². The molecule has 0 fully saturated rings. The van der Waals surface area contributed by atoms with Crippen molar-refractivity contribution in [1.29, 1.82) is 0 Å². The lowest BCUT2D eigenvalue weighted by Crippen LogP contribution is -2.27. The van der Waals surface area contributed by atoms with Gasteiger partial charge < -0.3 is 9.42 Å². The van der Waals surface area contributed by atoms with Gasteiger partial charge >= 0.3 is 7.60 Å². The van der Waals surface area contributed by atoms with Gasteiger partial charge in [-0.25, -0.2) is 0 Å². The minimum Gasteiger partial charge on any atom is -0.321 e. The molecule has 4 nitrogen and oxygen atoms in total. The van der Waals surface area contributed by atoms with Gasteiger partial charge in [0.15, 0.2) is 5.78 Å². The summed E-state index contributed by atoms with van der Waals surface area (Å²) in [6.07, 6.45) is -0.395. The van der Waals surface area contributed by atoms with E-state index in [0.29, 0.717) is 0 Å². The van der Waals surface area contributed by atoms with Crippen LogP contribution in [-0.4, -0.2) is 16.8 Å². The van der Waals surface area contributed by atoms with Gasteiger partial charge in [0.05, 0.1) is 11.4 Å². The molecule has 106 valence electrons. The highest BCUT2D eigenvalue weighted by molar-refractivity contribution is 7.61. The molecule has 0 radical (unpaired) electrons. The number of hydrogen-bond donors (Lipinski definition) is 1. The van der Waals surface area contributed by atoms with E-state index in [2.05, 4.69) is 0 Å². The van der Waals surface area contributed by atoms with Gasteiger partial charge in [-0.15, -0.1) is 0 Å². The van der Waals surface area contributed by atoms with Crippen LogP contribution in [0.15, 0.2) is 24.3 Å². The maximum absolute atomic E-state index is 12.3. The highest BCUT2D eigenvalue weighted by Crippen LogP contribution is 2.43. The van der Waals surface area contributed by atoms with E-state index < -0.39 is 19.1 Å². The van der Waals surface area contributed by atoms with Gasteiger partial charge in [0.25, 0.3) is 0 Å². The molecule has 1 N–H and O–H groups in total. The molecule has 0 saturated carbocycles. The Hall–Kier alpha value is -0.960. The second kappa shape index (κ2) is 5.58. The fraction of sp³-hybridized carbons (Fsp3) is 0.500. The van der Waals surface area contributed by atoms with Gasteiger partial charge in [0.1, 0.15) is 0 Å². The number of hydrogen-bond acceptors (Lipinski definition) is 3. The Kier molecular flexibility index (Phi) is 4.72. The zero-order valence-corrected chi connectivity index (χ0v) is 12.9. The fourth-order valence-electron chi connectivity index (χ4n) is 1.66. The van der Waals surface area contributed by atoms with Crippen LogP contribution in [0.4, 0.5) is 0 Å². The third-order valence-electron chi connectivity index (χ3n) is 2.49. The topological polar surface area (TPSA) is 63.6 Å². The molecule has 0 aliphatic rings. The van der Waals surface area contributed by atoms with E-state index in [0.717, 1.165) is 0 Å². The Bertz CT molecular complexity index is 514. The van der Waals surface area contributed by atoms with Gasteiger partial charge in [-0.3, -0.25) is 9.36 Å². The third-order valence-corrected chi connectivity index (χ3v) is 4.19. The van der Waals surface area contributed by atoms with Crippen molar-refractivity contribution in [2.45, 2.75) is 40.7 Å². The first-order valence-electron chi connectivity index (χ1n) is 6.21. The SMILES string of the molecule is CC(C)OP(=O)(O)c1ccccc1C(=O)C(C)(C)C. The average molecular weight is 284 g/mol. The predicted molar refractivity (Wildman–Crippen MR) is 75.9 cm³/mol. The number of ketones is 1. The molecule has 1 rings (SSSR count). The maximum atomic E-state index is 12.3. The van der Waals surface area contributed by atoms with Gasteiger partial charge in [-0.1, -0.05) is 39.0 Å². The third kappa shape index (κ3) is 4.00. The van der Waals surface area contributed by atoms with Crippen LogP contribution in [0.3, 0.4) is 0 Å². The van der Waals surface area contributed by atoms with E-state index >= 15 is 0 Å². The lowest BCUT2D eigenvalue weighted by molar-refractivity contribution is 0.0858. The summed E-state index contributed by atoms with van der Waals surface area (Å²) in [6.45, 7) is 8.68. The Morgan fingerprint density at radius 3 is 2.26 bits per heavy atom. The highest BCUT2D eigenvalue weighted by Gasteiger charge is 2.33. The molecule has 1 aromatic carbocycles. The van der Waals surface area contributed by atoms with Crippen LogP contribution in [-0.2, 0) is 9.09 Å². The smallest absolute Gasteiger partial charge is 0.321 e. The minimum absolute atomic E-state index is 0.0728. The lowest BCUT2D eigenvalue weighted by atomic mass is 9.86. The summed E-state index contributed by atoms with van der Waals surface area (Å²) in [5.41, 5.74) is -0.366. The van der Waals surface area contributed by atoms with Crippen LogP contribution in [0.25, 0.3) is 0 Å². The number of carbonyl (C=O) groups excluding carboxylic acids is 1. The largest absolute Gasteiger partial charge is 0.359 e. The molecule has 0 aliphatic heterocycles. The molecule has 0 spiro atoms. The highest BCUT2D eigenvalue weighted by atomic mass is 31.2. The normalized spacial score (nSPS) is 15.3. The lowest BCUT2D eigenvalue weighted by Gasteiger charge is -2.21. The monoisotopic (exact) mass is 284 g/mol. The number of rotatable bonds is 4. The standard InChI is InChI=1S/C14H21O4P/c1-10(2)18-19(16,17)12-9-7-6-8-11(12)13(15)14(3,4)5/h6-10H,1-5H3,(H,16,17). The van der Waals surface area contributed by atoms with Crippen LogP contribution >= 0.6 is 7.60 Å². The van der Waals surface area contributed by atoms with E-state index in [9.17, 15) is 14.3 Å². The molecule has 1 aromatic rings. The molecule has 1 unspecified atom stereocenters. The maximum Gasteiger partial charge on any atom is 0.359 e. The van der Waals surface area contributed by atoms with Crippen molar-refractivity contribution in [2.75, 3.05) is 0 Å². The van der Waals surface area contributed by atoms with E-state index in [1.54, 1.807) is 52.8 Å². The minimum atomic E-state index is -3.98. The molecule has 0 saturated heterocycles. The first-order chi connectivity index (χ1) is 8.55. The predicted octanol–water partition coefficient (Wildman–Crippen LogP) is 3.15. The second-order valence-electron chi connectivity index (χ2n) is 5.77. The van der Waals surface area contributed by atoms with Crippen LogP contribution in [0, 0.1) is 5.41 Å². The number of Topliss-reactive ketones (excluding diaryl/α,β-unsaturated/α-hetero) is 1. The van der Waals surface area contributed by atoms with E-state index in [-0.39, 0.29) is 16.7 Å². The molecule has 1 atom stereocenters. The average Bonchev–Trinajstić information content (AvgIpc) is 2.25. The molecule has 0 aromatic heterocycles. The van der Waals surface area contributed by atoms with Crippen molar-refractivity contribution in [2.24, 2.45) is 5.41 Å². The van der Waals surface area contributed by atoms with Crippen LogP contribution in [0.2, 0.25) is 0 Å². The molecule has 0 aliphatic carbocycles. The van der Waals surface area contributed by atoms with E-state index in [1.807, 2.05) is 0 Å². The van der Waals surface area contributed by atoms with Crippen molar-refractivity contribution in [3.8, 4) is 0 Å². The summed E-state index contributed by atoms with van der Waals surface area (Å²) in [6, 6.07) is 6.34. The second-order valence-corrected chi connectivity index (χ2v) is 7.50. The summed E-state index contributed by atoms with van der Waals surface area (Å²) in [7, 11) is -3.98. The first-order valence-corrected chi connectivity index (χ1v) is 7.79. The molecule has 0 amide bonds. The van der Waals surface area contributed by atoms with E-state index in [4.69, 9.17) is 4.52 Å². The molecule has 0 bridgehead atoms. The summed E-state index contributed by atoms with van der Waals surface area (Å²) < 4.78 is 17.3. The Morgan fingerprint density at radius 1 is 1.26 bits per heavy atom. The molecule has 0 heterocycles. The summed E-state index contributed by atoms with van der Waals surface area (Å²) >= 11 is 0. The molecular weight excluding hydrogens is 263 g/mol. The van der Waals surface area contributed by atoms with Gasteiger partial charge in [0, 0.05) is 11.0 Å². The summed E-state index contributed by atoms with van der Waals surface area (Å²) in [5.74, 6) is -0.176. The Labute approximate surface area is 114 Å². The van der Waals surface area contributed by atoms with E-state index in [1.165, 1.54) is 6.07 Å². The molecule has 5 heteroatoms. The zero-order valence-electron chi connectivity index (χ0n) is 12.0. The van der Waals surface area contributed by atoms with Gasteiger partial charge in [-0.05, 0) is 19.9 Å². The molecular formula is C14H21O4P. The Balaban J connectivity index is 3.31. The molecule has 19 heavy (non-hydrogen) atoms. The van der Waals surface area contributed by atoms with Gasteiger partial charge in [-0.2, -0.15) is 0 Å². The first kappa shape index (κ1) is 16.1. The summed E-state index contributed by atoms with van der Waals surface area (Å²) in [5, 5.41) is 0.0728. The van der Waals surface area contributed by atoms with Crippen LogP contribution < -0.4 is 5.30 Å². The van der Waals surface area contributed by atoms with Crippen molar-refractivity contribution >= 4 is 18.7 Å². The summed E-state index contributed by atoms with van der Waals surface area (Å²) in [4.78, 5) is 22.4. The van der Waals surface area contributed by atoms with Crippen molar-refractivity contribution in [3.05, 3.63) is 29.8 Å².